The van der Waals surface area contributed by atoms with Crippen molar-refractivity contribution in [3.05, 3.63) is 24.3 Å². The van der Waals surface area contributed by atoms with Crippen LogP contribution in [0.1, 0.15) is 174 Å². The number of hydrogen-bond donors (Lipinski definition) is 2. The first-order valence-corrected chi connectivity index (χ1v) is 21.7. The van der Waals surface area contributed by atoms with Crippen molar-refractivity contribution in [1.82, 2.24) is 5.32 Å². The molecule has 0 saturated carbocycles. The number of amides is 1. The van der Waals surface area contributed by atoms with E-state index < -0.39 is 20.0 Å². The predicted octanol–water partition coefficient (Wildman–Crippen LogP) is 9.94. The van der Waals surface area contributed by atoms with Gasteiger partial charge in [0.2, 0.25) is 5.91 Å². The van der Waals surface area contributed by atoms with Crippen molar-refractivity contribution in [2.45, 2.75) is 187 Å². The van der Waals surface area contributed by atoms with E-state index >= 15 is 0 Å². The van der Waals surface area contributed by atoms with Crippen molar-refractivity contribution >= 4 is 13.7 Å². The van der Waals surface area contributed by atoms with Gasteiger partial charge in [0.1, 0.15) is 13.2 Å². The number of unbranched alkanes of at least 4 members (excludes halogenated alkanes) is 21. The highest BCUT2D eigenvalue weighted by molar-refractivity contribution is 7.45. The van der Waals surface area contributed by atoms with E-state index in [4.69, 9.17) is 9.05 Å². The summed E-state index contributed by atoms with van der Waals surface area (Å²) in [6.45, 7) is 4.60. The van der Waals surface area contributed by atoms with Gasteiger partial charge in [-0.3, -0.25) is 9.36 Å². The van der Waals surface area contributed by atoms with Crippen molar-refractivity contribution in [2.75, 3.05) is 40.9 Å². The summed E-state index contributed by atoms with van der Waals surface area (Å²) in [7, 11) is 1.25. The molecule has 290 valence electrons. The van der Waals surface area contributed by atoms with Crippen molar-refractivity contribution in [3.8, 4) is 0 Å². The van der Waals surface area contributed by atoms with E-state index in [1.54, 1.807) is 6.08 Å². The highest BCUT2D eigenvalue weighted by atomic mass is 31.2. The number of rotatable bonds is 36. The summed E-state index contributed by atoms with van der Waals surface area (Å²) in [6.07, 6.45) is 36.4. The monoisotopic (exact) mass is 715 g/mol. The van der Waals surface area contributed by atoms with E-state index in [0.717, 1.165) is 38.5 Å². The Hall–Kier alpha value is -1.02. The summed E-state index contributed by atoms with van der Waals surface area (Å²) in [5, 5.41) is 13.7. The highest BCUT2D eigenvalue weighted by Crippen LogP contribution is 2.38. The second-order valence-electron chi connectivity index (χ2n) is 15.0. The van der Waals surface area contributed by atoms with Crippen LogP contribution in [0, 0.1) is 0 Å². The number of likely N-dealkylation sites (N-methyl/N-ethyl adjacent to an activating group) is 1. The average molecular weight is 715 g/mol. The van der Waals surface area contributed by atoms with Crippen LogP contribution in [0.3, 0.4) is 0 Å². The zero-order chi connectivity index (χ0) is 36.5. The Morgan fingerprint density at radius 3 is 1.65 bits per heavy atom. The Labute approximate surface area is 303 Å². The third kappa shape index (κ3) is 35.2. The Kier molecular flexibility index (Phi) is 32.2. The smallest absolute Gasteiger partial charge is 0.268 e. The molecule has 3 atom stereocenters. The van der Waals surface area contributed by atoms with E-state index in [1.807, 2.05) is 27.2 Å². The van der Waals surface area contributed by atoms with E-state index in [0.29, 0.717) is 17.4 Å². The first-order valence-electron chi connectivity index (χ1n) is 20.2. The summed E-state index contributed by atoms with van der Waals surface area (Å²) in [6, 6.07) is -0.896. The summed E-state index contributed by atoms with van der Waals surface area (Å²) < 4.78 is 23.1. The van der Waals surface area contributed by atoms with Gasteiger partial charge < -0.3 is 28.8 Å². The molecule has 0 fully saturated rings. The van der Waals surface area contributed by atoms with Crippen molar-refractivity contribution < 1.29 is 32.9 Å². The minimum Gasteiger partial charge on any atom is -0.756 e. The predicted molar refractivity (Wildman–Crippen MR) is 205 cm³/mol. The molecule has 9 heteroatoms. The Balaban J connectivity index is 4.55. The lowest BCUT2D eigenvalue weighted by molar-refractivity contribution is -0.870. The molecule has 0 aromatic heterocycles. The van der Waals surface area contributed by atoms with Crippen LogP contribution in [-0.4, -0.2) is 68.5 Å². The average Bonchev–Trinajstić information content (AvgIpc) is 3.04. The number of aliphatic hydroxyl groups excluding tert-OH is 1. The second-order valence-corrected chi connectivity index (χ2v) is 16.4. The normalized spacial score (nSPS) is 14.8. The minimum atomic E-state index is -4.58. The van der Waals surface area contributed by atoms with Gasteiger partial charge in [-0.25, -0.2) is 0 Å². The zero-order valence-electron chi connectivity index (χ0n) is 32.6. The van der Waals surface area contributed by atoms with Crippen LogP contribution in [0.4, 0.5) is 0 Å². The molecule has 0 bridgehead atoms. The highest BCUT2D eigenvalue weighted by Gasteiger charge is 2.23. The number of quaternary nitrogens is 1. The van der Waals surface area contributed by atoms with E-state index in [-0.39, 0.29) is 19.1 Å². The maximum Gasteiger partial charge on any atom is 0.268 e. The molecule has 0 heterocycles. The SMILES string of the molecule is CCCCCCCCCC/C=C/CC/C=C/[C@@H](O)[C@H](COP(=O)([O-])OCC[N+](C)(C)C)NC(=O)CCCCCCCCCCCCCCC. The largest absolute Gasteiger partial charge is 0.756 e. The van der Waals surface area contributed by atoms with Gasteiger partial charge in [0, 0.05) is 6.42 Å². The van der Waals surface area contributed by atoms with Gasteiger partial charge in [0.05, 0.1) is 39.9 Å². The number of aliphatic hydroxyl groups is 1. The summed E-state index contributed by atoms with van der Waals surface area (Å²) in [5.74, 6) is -0.209. The number of phosphoric ester groups is 1. The molecular formula is C40H79N2O6P. The molecule has 0 spiro atoms. The maximum absolute atomic E-state index is 12.8. The minimum absolute atomic E-state index is 0.00459. The van der Waals surface area contributed by atoms with Gasteiger partial charge in [0.15, 0.2) is 0 Å². The van der Waals surface area contributed by atoms with Crippen LogP contribution in [0.2, 0.25) is 0 Å². The van der Waals surface area contributed by atoms with Crippen LogP contribution < -0.4 is 10.2 Å². The molecule has 0 aromatic rings. The molecule has 0 rings (SSSR count). The van der Waals surface area contributed by atoms with E-state index in [9.17, 15) is 19.4 Å². The standard InChI is InChI=1S/C40H79N2O6P/c1-6-8-10-12-14-16-18-20-22-23-25-27-29-31-33-39(43)38(37-48-49(45,46)47-36-35-42(3,4)5)41-40(44)34-32-30-28-26-24-21-19-17-15-13-11-9-7-2/h23,25,31,33,38-39,43H,6-22,24,26-30,32,34-37H2,1-5H3,(H-,41,44,45,46)/b25-23+,33-31+/t38-,39+/m0/s1. The van der Waals surface area contributed by atoms with Crippen molar-refractivity contribution in [1.29, 1.82) is 0 Å². The third-order valence-corrected chi connectivity index (χ3v) is 9.88. The van der Waals surface area contributed by atoms with Crippen molar-refractivity contribution in [3.63, 3.8) is 0 Å². The molecule has 8 nitrogen and oxygen atoms in total. The van der Waals surface area contributed by atoms with Gasteiger partial charge in [0.25, 0.3) is 7.82 Å². The fraction of sp³-hybridized carbons (Fsp3) is 0.875. The molecule has 0 aliphatic heterocycles. The van der Waals surface area contributed by atoms with Crippen LogP contribution in [-0.2, 0) is 18.4 Å². The van der Waals surface area contributed by atoms with Crippen LogP contribution in [0.15, 0.2) is 24.3 Å². The number of carbonyl (C=O) groups is 1. The molecule has 49 heavy (non-hydrogen) atoms. The van der Waals surface area contributed by atoms with E-state index in [1.165, 1.54) is 116 Å². The van der Waals surface area contributed by atoms with Gasteiger partial charge in [-0.2, -0.15) is 0 Å². The molecule has 0 aliphatic rings. The van der Waals surface area contributed by atoms with Gasteiger partial charge in [-0.1, -0.05) is 160 Å². The number of nitrogens with one attached hydrogen (secondary N) is 1. The molecule has 1 unspecified atom stereocenters. The molecule has 0 saturated heterocycles. The summed E-state index contributed by atoms with van der Waals surface area (Å²) in [4.78, 5) is 25.2. The molecule has 2 N–H and O–H groups in total. The van der Waals surface area contributed by atoms with Crippen LogP contribution >= 0.6 is 7.82 Å². The molecule has 0 aliphatic carbocycles. The Bertz CT molecular complexity index is 860. The Morgan fingerprint density at radius 1 is 0.694 bits per heavy atom. The summed E-state index contributed by atoms with van der Waals surface area (Å²) in [5.41, 5.74) is 0. The number of carbonyl (C=O) groups excluding carboxylic acids is 1. The third-order valence-electron chi connectivity index (χ3n) is 8.91. The van der Waals surface area contributed by atoms with Gasteiger partial charge in [-0.15, -0.1) is 0 Å². The number of allylic oxidation sites excluding steroid dienone is 3. The molecular weight excluding hydrogens is 635 g/mol. The molecule has 0 radical (unpaired) electrons. The van der Waals surface area contributed by atoms with E-state index in [2.05, 4.69) is 31.3 Å². The zero-order valence-corrected chi connectivity index (χ0v) is 33.5. The van der Waals surface area contributed by atoms with Crippen LogP contribution in [0.25, 0.3) is 0 Å². The topological polar surface area (TPSA) is 108 Å². The Morgan fingerprint density at radius 2 is 1.14 bits per heavy atom. The fourth-order valence-electron chi connectivity index (χ4n) is 5.64. The summed E-state index contributed by atoms with van der Waals surface area (Å²) >= 11 is 0. The van der Waals surface area contributed by atoms with Crippen molar-refractivity contribution in [2.24, 2.45) is 0 Å². The number of nitrogens with zero attached hydrogens (tertiary/aromatic N) is 1. The van der Waals surface area contributed by atoms with Gasteiger partial charge >= 0.3 is 0 Å². The lowest BCUT2D eigenvalue weighted by Gasteiger charge is -2.29. The van der Waals surface area contributed by atoms with Crippen LogP contribution in [0.5, 0.6) is 0 Å². The maximum atomic E-state index is 12.8. The molecule has 1 amide bonds. The number of hydrogen-bond acceptors (Lipinski definition) is 6. The second kappa shape index (κ2) is 32.9. The quantitative estimate of drug-likeness (QED) is 0.0290. The fourth-order valence-corrected chi connectivity index (χ4v) is 6.36. The van der Waals surface area contributed by atoms with Gasteiger partial charge in [-0.05, 0) is 32.1 Å². The lowest BCUT2D eigenvalue weighted by atomic mass is 10.0. The number of phosphoric acid groups is 1. The lowest BCUT2D eigenvalue weighted by Crippen LogP contribution is -2.45. The molecule has 0 aromatic carbocycles. The first-order chi connectivity index (χ1) is 23.5. The first kappa shape index (κ1) is 48.0.